The van der Waals surface area contributed by atoms with E-state index in [1.54, 1.807) is 35.6 Å². The Morgan fingerprint density at radius 3 is 3.15 bits per heavy atom. The second-order valence-electron chi connectivity index (χ2n) is 4.65. The van der Waals surface area contributed by atoms with E-state index in [1.165, 1.54) is 6.26 Å². The van der Waals surface area contributed by atoms with Gasteiger partial charge in [-0.2, -0.15) is 0 Å². The fourth-order valence-electron chi connectivity index (χ4n) is 2.29. The van der Waals surface area contributed by atoms with E-state index < -0.39 is 0 Å². The van der Waals surface area contributed by atoms with Gasteiger partial charge in [-0.25, -0.2) is 4.98 Å². The second kappa shape index (κ2) is 5.73. The van der Waals surface area contributed by atoms with Crippen LogP contribution >= 0.6 is 0 Å². The minimum absolute atomic E-state index is 0.0561. The van der Waals surface area contributed by atoms with Crippen molar-refractivity contribution in [2.24, 2.45) is 0 Å². The van der Waals surface area contributed by atoms with E-state index in [9.17, 15) is 4.79 Å². The average Bonchev–Trinajstić information content (AvgIpc) is 3.02. The lowest BCUT2D eigenvalue weighted by molar-refractivity contribution is 0.0499. The zero-order chi connectivity index (χ0) is 13.8. The number of aromatic nitrogens is 2. The molecule has 3 rings (SSSR count). The molecule has 1 saturated heterocycles. The molecule has 2 aromatic heterocycles. The number of carbonyl (C=O) groups is 1. The summed E-state index contributed by atoms with van der Waals surface area (Å²) in [7, 11) is 0. The molecule has 0 aromatic carbocycles. The summed E-state index contributed by atoms with van der Waals surface area (Å²) in [5, 5.41) is 0. The molecule has 0 spiro atoms. The molecule has 20 heavy (non-hydrogen) atoms. The Morgan fingerprint density at radius 1 is 1.45 bits per heavy atom. The van der Waals surface area contributed by atoms with Crippen LogP contribution < -0.4 is 4.74 Å². The molecule has 1 atom stereocenters. The molecule has 1 amide bonds. The van der Waals surface area contributed by atoms with Crippen LogP contribution in [0.5, 0.6) is 5.88 Å². The van der Waals surface area contributed by atoms with Gasteiger partial charge < -0.3 is 14.1 Å². The van der Waals surface area contributed by atoms with Crippen molar-refractivity contribution in [1.29, 1.82) is 0 Å². The van der Waals surface area contributed by atoms with Gasteiger partial charge in [0.25, 0.3) is 5.91 Å². The molecular formula is C14H15N3O3. The number of carbonyl (C=O) groups excluding carboxylic acids is 1. The Morgan fingerprint density at radius 2 is 2.40 bits per heavy atom. The standard InChI is InChI=1S/C14H15N3O3/c18-14(12-4-2-8-19-12)17-7-1-3-11(10-17)20-13-9-15-5-6-16-13/h2,4-6,8-9,11H,1,3,7,10H2/t11-/m0/s1. The van der Waals surface area contributed by atoms with Crippen LogP contribution in [0, 0.1) is 0 Å². The number of ether oxygens (including phenoxy) is 1. The third-order valence-electron chi connectivity index (χ3n) is 3.22. The van der Waals surface area contributed by atoms with Crippen LogP contribution in [0.1, 0.15) is 23.4 Å². The Hall–Kier alpha value is -2.37. The van der Waals surface area contributed by atoms with Gasteiger partial charge in [0.1, 0.15) is 6.10 Å². The highest BCUT2D eigenvalue weighted by molar-refractivity contribution is 5.91. The van der Waals surface area contributed by atoms with E-state index >= 15 is 0 Å². The largest absolute Gasteiger partial charge is 0.471 e. The van der Waals surface area contributed by atoms with Gasteiger partial charge in [-0.05, 0) is 25.0 Å². The highest BCUT2D eigenvalue weighted by atomic mass is 16.5. The van der Waals surface area contributed by atoms with Crippen LogP contribution in [0.15, 0.2) is 41.4 Å². The van der Waals surface area contributed by atoms with Gasteiger partial charge in [0.2, 0.25) is 5.88 Å². The molecule has 0 radical (unpaired) electrons. The van der Waals surface area contributed by atoms with E-state index in [2.05, 4.69) is 9.97 Å². The molecule has 0 saturated carbocycles. The van der Waals surface area contributed by atoms with Gasteiger partial charge >= 0.3 is 0 Å². The van der Waals surface area contributed by atoms with E-state index in [-0.39, 0.29) is 12.0 Å². The average molecular weight is 273 g/mol. The predicted molar refractivity (Wildman–Crippen MR) is 70.3 cm³/mol. The highest BCUT2D eigenvalue weighted by Gasteiger charge is 2.27. The first-order valence-electron chi connectivity index (χ1n) is 6.58. The molecule has 3 heterocycles. The summed E-state index contributed by atoms with van der Waals surface area (Å²) in [6.45, 7) is 1.26. The first-order valence-corrected chi connectivity index (χ1v) is 6.58. The maximum Gasteiger partial charge on any atom is 0.289 e. The SMILES string of the molecule is O=C(c1ccco1)N1CCC[C@H](Oc2cnccn2)C1. The number of piperidine rings is 1. The minimum Gasteiger partial charge on any atom is -0.471 e. The molecule has 1 aliphatic heterocycles. The van der Waals surface area contributed by atoms with Crippen LogP contribution in [0.2, 0.25) is 0 Å². The van der Waals surface area contributed by atoms with Crippen molar-refractivity contribution >= 4 is 5.91 Å². The fourth-order valence-corrected chi connectivity index (χ4v) is 2.29. The summed E-state index contributed by atoms with van der Waals surface area (Å²) < 4.78 is 10.9. The smallest absolute Gasteiger partial charge is 0.289 e. The van der Waals surface area contributed by atoms with Crippen molar-refractivity contribution in [3.8, 4) is 5.88 Å². The van der Waals surface area contributed by atoms with Crippen molar-refractivity contribution in [1.82, 2.24) is 14.9 Å². The van der Waals surface area contributed by atoms with Gasteiger partial charge in [0.05, 0.1) is 19.0 Å². The Balaban J connectivity index is 1.63. The van der Waals surface area contributed by atoms with Gasteiger partial charge in [-0.3, -0.25) is 9.78 Å². The normalized spacial score (nSPS) is 18.8. The number of likely N-dealkylation sites (tertiary alicyclic amines) is 1. The number of rotatable bonds is 3. The molecule has 104 valence electrons. The quantitative estimate of drug-likeness (QED) is 0.852. The Bertz CT molecular complexity index is 556. The van der Waals surface area contributed by atoms with Crippen LogP contribution in [0.4, 0.5) is 0 Å². The van der Waals surface area contributed by atoms with E-state index in [1.807, 2.05) is 0 Å². The monoisotopic (exact) mass is 273 g/mol. The molecule has 0 N–H and O–H groups in total. The summed E-state index contributed by atoms with van der Waals surface area (Å²) in [4.78, 5) is 22.0. The summed E-state index contributed by atoms with van der Waals surface area (Å²) >= 11 is 0. The predicted octanol–water partition coefficient (Wildman–Crippen LogP) is 1.75. The first-order chi connectivity index (χ1) is 9.83. The van der Waals surface area contributed by atoms with E-state index in [0.29, 0.717) is 18.2 Å². The maximum atomic E-state index is 12.2. The van der Waals surface area contributed by atoms with Gasteiger partial charge in [-0.15, -0.1) is 0 Å². The topological polar surface area (TPSA) is 68.5 Å². The number of hydrogen-bond acceptors (Lipinski definition) is 5. The molecule has 6 heteroatoms. The lowest BCUT2D eigenvalue weighted by atomic mass is 10.1. The molecule has 0 aliphatic carbocycles. The van der Waals surface area contributed by atoms with Crippen LogP contribution in [0.25, 0.3) is 0 Å². The first kappa shape index (κ1) is 12.7. The zero-order valence-electron chi connectivity index (χ0n) is 10.9. The number of furan rings is 1. The van der Waals surface area contributed by atoms with Crippen molar-refractivity contribution < 1.29 is 13.9 Å². The Kier molecular flexibility index (Phi) is 3.62. The summed E-state index contributed by atoms with van der Waals surface area (Å²) in [5.74, 6) is 0.761. The van der Waals surface area contributed by atoms with Crippen molar-refractivity contribution in [3.05, 3.63) is 42.7 Å². The molecular weight excluding hydrogens is 258 g/mol. The van der Waals surface area contributed by atoms with E-state index in [4.69, 9.17) is 9.15 Å². The van der Waals surface area contributed by atoms with Gasteiger partial charge in [0.15, 0.2) is 5.76 Å². The van der Waals surface area contributed by atoms with Crippen molar-refractivity contribution in [3.63, 3.8) is 0 Å². The lowest BCUT2D eigenvalue weighted by Gasteiger charge is -2.31. The van der Waals surface area contributed by atoms with Crippen molar-refractivity contribution in [2.75, 3.05) is 13.1 Å². The second-order valence-corrected chi connectivity index (χ2v) is 4.65. The molecule has 0 bridgehead atoms. The Labute approximate surface area is 116 Å². The summed E-state index contributed by atoms with van der Waals surface area (Å²) in [6.07, 6.45) is 8.01. The summed E-state index contributed by atoms with van der Waals surface area (Å²) in [5.41, 5.74) is 0. The molecule has 1 aliphatic rings. The molecule has 1 fully saturated rings. The minimum atomic E-state index is -0.0950. The number of amides is 1. The van der Waals surface area contributed by atoms with Crippen LogP contribution in [-0.4, -0.2) is 40.0 Å². The number of hydrogen-bond donors (Lipinski definition) is 0. The molecule has 2 aromatic rings. The lowest BCUT2D eigenvalue weighted by Crippen LogP contribution is -2.44. The third-order valence-corrected chi connectivity index (χ3v) is 3.22. The van der Waals surface area contributed by atoms with Gasteiger partial charge in [0, 0.05) is 18.9 Å². The van der Waals surface area contributed by atoms with Gasteiger partial charge in [-0.1, -0.05) is 0 Å². The molecule has 0 unspecified atom stereocenters. The van der Waals surface area contributed by atoms with Crippen LogP contribution in [-0.2, 0) is 0 Å². The fraction of sp³-hybridized carbons (Fsp3) is 0.357. The highest BCUT2D eigenvalue weighted by Crippen LogP contribution is 2.18. The summed E-state index contributed by atoms with van der Waals surface area (Å²) in [6, 6.07) is 3.39. The van der Waals surface area contributed by atoms with E-state index in [0.717, 1.165) is 19.4 Å². The molecule has 6 nitrogen and oxygen atoms in total. The van der Waals surface area contributed by atoms with Crippen molar-refractivity contribution in [2.45, 2.75) is 18.9 Å². The number of nitrogens with zero attached hydrogens (tertiary/aromatic N) is 3. The van der Waals surface area contributed by atoms with Crippen LogP contribution in [0.3, 0.4) is 0 Å². The zero-order valence-corrected chi connectivity index (χ0v) is 10.9. The third kappa shape index (κ3) is 2.79. The maximum absolute atomic E-state index is 12.2.